The lowest BCUT2D eigenvalue weighted by Crippen LogP contribution is -2.42. The first-order chi connectivity index (χ1) is 9.63. The van der Waals surface area contributed by atoms with Crippen LogP contribution in [0.2, 0.25) is 0 Å². The van der Waals surface area contributed by atoms with Gasteiger partial charge in [-0.15, -0.1) is 0 Å². The lowest BCUT2D eigenvalue weighted by atomic mass is 9.70. The van der Waals surface area contributed by atoms with Gasteiger partial charge in [-0.2, -0.15) is 0 Å². The van der Waals surface area contributed by atoms with Crippen molar-refractivity contribution in [3.8, 4) is 0 Å². The van der Waals surface area contributed by atoms with Crippen molar-refractivity contribution in [1.29, 1.82) is 0 Å². The zero-order valence-corrected chi connectivity index (χ0v) is 11.8. The summed E-state index contributed by atoms with van der Waals surface area (Å²) in [6.07, 6.45) is 0.458. The topological polar surface area (TPSA) is 34.1 Å². The van der Waals surface area contributed by atoms with E-state index in [9.17, 15) is 9.59 Å². The summed E-state index contributed by atoms with van der Waals surface area (Å²) in [5.41, 5.74) is 0.264. The summed E-state index contributed by atoms with van der Waals surface area (Å²) in [5.74, 6) is -0.237. The van der Waals surface area contributed by atoms with Gasteiger partial charge in [-0.1, -0.05) is 67.6 Å². The van der Waals surface area contributed by atoms with Crippen LogP contribution in [0.4, 0.5) is 0 Å². The van der Waals surface area contributed by atoms with E-state index in [1.807, 2.05) is 55.5 Å². The number of carbonyl (C=O) groups excluding carboxylic acids is 2. The minimum atomic E-state index is -1.08. The summed E-state index contributed by atoms with van der Waals surface area (Å²) in [7, 11) is 0. The third-order valence-corrected chi connectivity index (χ3v) is 3.82. The Morgan fingerprint density at radius 1 is 0.900 bits per heavy atom. The Balaban J connectivity index is 2.59. The average molecular weight is 266 g/mol. The molecule has 0 amide bonds. The van der Waals surface area contributed by atoms with Gasteiger partial charge in [0.25, 0.3) is 0 Å². The van der Waals surface area contributed by atoms with E-state index >= 15 is 0 Å². The van der Waals surface area contributed by atoms with Crippen molar-refractivity contribution < 1.29 is 9.59 Å². The van der Waals surface area contributed by atoms with E-state index in [2.05, 4.69) is 0 Å². The molecule has 0 fully saturated rings. The fourth-order valence-electron chi connectivity index (χ4n) is 2.67. The van der Waals surface area contributed by atoms with Gasteiger partial charge in [0.2, 0.25) is 0 Å². The molecule has 0 heterocycles. The summed E-state index contributed by atoms with van der Waals surface area (Å²) < 4.78 is 0. The van der Waals surface area contributed by atoms with Crippen LogP contribution in [0.5, 0.6) is 0 Å². The van der Waals surface area contributed by atoms with Crippen molar-refractivity contribution in [2.45, 2.75) is 25.7 Å². The molecule has 2 aromatic rings. The van der Waals surface area contributed by atoms with E-state index in [1.165, 1.54) is 6.92 Å². The Labute approximate surface area is 119 Å². The molecule has 102 valence electrons. The molecule has 1 atom stereocenters. The highest BCUT2D eigenvalue weighted by Gasteiger charge is 2.43. The first-order valence-electron chi connectivity index (χ1n) is 6.79. The highest BCUT2D eigenvalue weighted by atomic mass is 16.2. The molecule has 2 heteroatoms. The van der Waals surface area contributed by atoms with Gasteiger partial charge in [-0.05, 0) is 18.9 Å². The van der Waals surface area contributed by atoms with Crippen LogP contribution in [0.3, 0.4) is 0 Å². The lowest BCUT2D eigenvalue weighted by molar-refractivity contribution is -0.121. The number of hydrogen-bond acceptors (Lipinski definition) is 2. The second-order valence-electron chi connectivity index (χ2n) is 4.88. The first kappa shape index (κ1) is 14.2. The van der Waals surface area contributed by atoms with Crippen molar-refractivity contribution in [1.82, 2.24) is 0 Å². The van der Waals surface area contributed by atoms with Crippen molar-refractivity contribution in [3.63, 3.8) is 0 Å². The van der Waals surface area contributed by atoms with Crippen LogP contribution in [0, 0.1) is 0 Å². The maximum Gasteiger partial charge on any atom is 0.180 e. The molecule has 0 aliphatic rings. The molecule has 0 aromatic heterocycles. The van der Waals surface area contributed by atoms with E-state index in [0.717, 1.165) is 5.56 Å². The van der Waals surface area contributed by atoms with E-state index < -0.39 is 5.41 Å². The third-order valence-electron chi connectivity index (χ3n) is 3.82. The molecule has 0 aliphatic heterocycles. The van der Waals surface area contributed by atoms with Gasteiger partial charge in [-0.25, -0.2) is 0 Å². The largest absolute Gasteiger partial charge is 0.299 e. The lowest BCUT2D eigenvalue weighted by Gasteiger charge is -2.29. The highest BCUT2D eigenvalue weighted by Crippen LogP contribution is 2.33. The van der Waals surface area contributed by atoms with E-state index in [4.69, 9.17) is 0 Å². The number of benzene rings is 2. The normalized spacial score (nSPS) is 13.5. The second-order valence-corrected chi connectivity index (χ2v) is 4.88. The Hall–Kier alpha value is -2.22. The summed E-state index contributed by atoms with van der Waals surface area (Å²) in [4.78, 5) is 25.2. The molecule has 0 saturated carbocycles. The van der Waals surface area contributed by atoms with Crippen LogP contribution in [-0.4, -0.2) is 11.6 Å². The van der Waals surface area contributed by atoms with E-state index in [0.29, 0.717) is 12.0 Å². The zero-order valence-electron chi connectivity index (χ0n) is 11.8. The van der Waals surface area contributed by atoms with Crippen LogP contribution in [0.1, 0.15) is 36.2 Å². The maximum absolute atomic E-state index is 12.9. The third kappa shape index (κ3) is 2.29. The highest BCUT2D eigenvalue weighted by molar-refractivity contribution is 6.18. The van der Waals surface area contributed by atoms with Gasteiger partial charge >= 0.3 is 0 Å². The van der Waals surface area contributed by atoms with Crippen LogP contribution >= 0.6 is 0 Å². The smallest absolute Gasteiger partial charge is 0.180 e. The molecule has 2 nitrogen and oxygen atoms in total. The van der Waals surface area contributed by atoms with Crippen LogP contribution < -0.4 is 0 Å². The Morgan fingerprint density at radius 3 is 1.85 bits per heavy atom. The van der Waals surface area contributed by atoms with Crippen LogP contribution in [0.25, 0.3) is 0 Å². The average Bonchev–Trinajstić information content (AvgIpc) is 2.50. The SMILES string of the molecule is CC[C@](C(C)=O)(C(=O)c1ccccc1)c1ccccc1. The van der Waals surface area contributed by atoms with Gasteiger partial charge in [0.1, 0.15) is 11.2 Å². The van der Waals surface area contributed by atoms with Crippen molar-refractivity contribution in [2.24, 2.45) is 0 Å². The minimum Gasteiger partial charge on any atom is -0.299 e. The van der Waals surface area contributed by atoms with Crippen molar-refractivity contribution >= 4 is 11.6 Å². The van der Waals surface area contributed by atoms with Gasteiger partial charge < -0.3 is 0 Å². The monoisotopic (exact) mass is 266 g/mol. The molecule has 0 unspecified atom stereocenters. The zero-order chi connectivity index (χ0) is 14.6. The van der Waals surface area contributed by atoms with Crippen LogP contribution in [0.15, 0.2) is 60.7 Å². The van der Waals surface area contributed by atoms with Gasteiger partial charge in [0.15, 0.2) is 5.78 Å². The molecule has 0 N–H and O–H groups in total. The first-order valence-corrected chi connectivity index (χ1v) is 6.79. The van der Waals surface area contributed by atoms with E-state index in [-0.39, 0.29) is 11.6 Å². The molecule has 0 aliphatic carbocycles. The van der Waals surface area contributed by atoms with Gasteiger partial charge in [-0.3, -0.25) is 9.59 Å². The molecular formula is C18H18O2. The number of Topliss-reactive ketones (excluding diaryl/α,β-unsaturated/α-hetero) is 2. The van der Waals surface area contributed by atoms with Crippen molar-refractivity contribution in [3.05, 3.63) is 71.8 Å². The standard InChI is InChI=1S/C18H18O2/c1-3-18(14(2)19,16-12-8-5-9-13-16)17(20)15-10-6-4-7-11-15/h4-13H,3H2,1-2H3/t18-/m1/s1. The molecule has 0 spiro atoms. The Bertz CT molecular complexity index is 602. The van der Waals surface area contributed by atoms with Gasteiger partial charge in [0.05, 0.1) is 0 Å². The number of carbonyl (C=O) groups is 2. The Morgan fingerprint density at radius 2 is 1.40 bits per heavy atom. The number of hydrogen-bond donors (Lipinski definition) is 0. The maximum atomic E-state index is 12.9. The molecule has 0 bridgehead atoms. The molecule has 20 heavy (non-hydrogen) atoms. The van der Waals surface area contributed by atoms with Gasteiger partial charge in [0, 0.05) is 5.56 Å². The Kier molecular flexibility index (Phi) is 4.14. The van der Waals surface area contributed by atoms with Crippen LogP contribution in [-0.2, 0) is 10.2 Å². The molecule has 2 rings (SSSR count). The summed E-state index contributed by atoms with van der Waals surface area (Å²) in [5, 5.41) is 0. The fourth-order valence-corrected chi connectivity index (χ4v) is 2.67. The summed E-state index contributed by atoms with van der Waals surface area (Å²) >= 11 is 0. The second kappa shape index (κ2) is 5.83. The molecule has 0 saturated heterocycles. The summed E-state index contributed by atoms with van der Waals surface area (Å²) in [6.45, 7) is 3.38. The minimum absolute atomic E-state index is 0.111. The molecule has 2 aromatic carbocycles. The summed E-state index contributed by atoms with van der Waals surface area (Å²) in [6, 6.07) is 18.3. The predicted molar refractivity (Wildman–Crippen MR) is 79.9 cm³/mol. The molecule has 0 radical (unpaired) electrons. The predicted octanol–water partition coefficient (Wildman–Crippen LogP) is 3.81. The van der Waals surface area contributed by atoms with Crippen molar-refractivity contribution in [2.75, 3.05) is 0 Å². The quantitative estimate of drug-likeness (QED) is 0.609. The number of rotatable bonds is 5. The molecular weight excluding hydrogens is 248 g/mol. The fraction of sp³-hybridized carbons (Fsp3) is 0.222. The van der Waals surface area contributed by atoms with E-state index in [1.54, 1.807) is 12.1 Å². The number of ketones is 2.